The lowest BCUT2D eigenvalue weighted by molar-refractivity contribution is -0.146. The maximum Gasteiger partial charge on any atom is 0.228 e. The van der Waals surface area contributed by atoms with Crippen molar-refractivity contribution < 1.29 is 9.53 Å². The third kappa shape index (κ3) is 3.76. The van der Waals surface area contributed by atoms with Gasteiger partial charge >= 0.3 is 0 Å². The van der Waals surface area contributed by atoms with Gasteiger partial charge in [0.25, 0.3) is 0 Å². The Hall–Kier alpha value is -1.10. The molecule has 2 heterocycles. The molecule has 116 valence electrons. The minimum Gasteiger partial charge on any atom is -0.373 e. The van der Waals surface area contributed by atoms with E-state index >= 15 is 0 Å². The number of carbonyl (C=O) groups excluding carboxylic acids is 1. The smallest absolute Gasteiger partial charge is 0.228 e. The average molecular weight is 311 g/mol. The first-order chi connectivity index (χ1) is 9.86. The van der Waals surface area contributed by atoms with Crippen molar-refractivity contribution in [3.05, 3.63) is 35.9 Å². The molecule has 0 bridgehead atoms. The van der Waals surface area contributed by atoms with Crippen LogP contribution in [-0.2, 0) is 9.53 Å². The van der Waals surface area contributed by atoms with E-state index in [1.807, 2.05) is 23.1 Å². The number of piperazine rings is 1. The molecule has 2 atom stereocenters. The third-order valence-corrected chi connectivity index (χ3v) is 4.20. The predicted octanol–water partition coefficient (Wildman–Crippen LogP) is 2.01. The van der Waals surface area contributed by atoms with Crippen LogP contribution in [-0.4, -0.2) is 43.6 Å². The summed E-state index contributed by atoms with van der Waals surface area (Å²) in [6.07, 6.45) is 1.83. The van der Waals surface area contributed by atoms with Gasteiger partial charge in [0, 0.05) is 32.8 Å². The zero-order valence-corrected chi connectivity index (χ0v) is 13.0. The second kappa shape index (κ2) is 7.78. The number of benzene rings is 1. The van der Waals surface area contributed by atoms with E-state index in [1.54, 1.807) is 0 Å². The molecule has 1 aromatic carbocycles. The van der Waals surface area contributed by atoms with Crippen LogP contribution in [0, 0.1) is 5.92 Å². The SMILES string of the molecule is Cl.O=C(C1CCCOC1c1ccccc1)N1CCNCC1. The quantitative estimate of drug-likeness (QED) is 0.908. The van der Waals surface area contributed by atoms with E-state index in [4.69, 9.17) is 4.74 Å². The Labute approximate surface area is 132 Å². The minimum atomic E-state index is -0.0765. The fourth-order valence-electron chi connectivity index (χ4n) is 3.13. The highest BCUT2D eigenvalue weighted by molar-refractivity contribution is 5.85. The van der Waals surface area contributed by atoms with E-state index < -0.39 is 0 Å². The summed E-state index contributed by atoms with van der Waals surface area (Å²) in [6, 6.07) is 10.2. The standard InChI is InChI=1S/C16H22N2O2.ClH/c19-16(18-10-8-17-9-11-18)14-7-4-12-20-15(14)13-5-2-1-3-6-13;/h1-3,5-6,14-15,17H,4,7-12H2;1H. The molecule has 5 heteroatoms. The van der Waals surface area contributed by atoms with Crippen LogP contribution < -0.4 is 5.32 Å². The Kier molecular flexibility index (Phi) is 6.03. The first kappa shape index (κ1) is 16.3. The summed E-state index contributed by atoms with van der Waals surface area (Å²) >= 11 is 0. The first-order valence-corrected chi connectivity index (χ1v) is 7.52. The summed E-state index contributed by atoms with van der Waals surface area (Å²) in [5.41, 5.74) is 1.13. The molecule has 3 rings (SSSR count). The lowest BCUT2D eigenvalue weighted by atomic mass is 9.88. The fourth-order valence-corrected chi connectivity index (χ4v) is 3.13. The van der Waals surface area contributed by atoms with Crippen LogP contribution in [0.1, 0.15) is 24.5 Å². The number of carbonyl (C=O) groups is 1. The van der Waals surface area contributed by atoms with Crippen LogP contribution in [0.15, 0.2) is 30.3 Å². The number of hydrogen-bond donors (Lipinski definition) is 1. The molecule has 0 aliphatic carbocycles. The molecule has 2 aliphatic rings. The van der Waals surface area contributed by atoms with Crippen LogP contribution in [0.2, 0.25) is 0 Å². The maximum absolute atomic E-state index is 12.8. The normalized spacial score (nSPS) is 26.0. The van der Waals surface area contributed by atoms with Crippen molar-refractivity contribution in [3.8, 4) is 0 Å². The molecule has 2 unspecified atom stereocenters. The molecule has 0 radical (unpaired) electrons. The largest absolute Gasteiger partial charge is 0.373 e. The van der Waals surface area contributed by atoms with Gasteiger partial charge in [0.1, 0.15) is 0 Å². The van der Waals surface area contributed by atoms with Gasteiger partial charge in [0.15, 0.2) is 0 Å². The van der Waals surface area contributed by atoms with Crippen LogP contribution in [0.5, 0.6) is 0 Å². The van der Waals surface area contributed by atoms with E-state index in [0.29, 0.717) is 0 Å². The second-order valence-corrected chi connectivity index (χ2v) is 5.53. The molecule has 1 N–H and O–H groups in total. The van der Waals surface area contributed by atoms with Crippen molar-refractivity contribution in [2.75, 3.05) is 32.8 Å². The van der Waals surface area contributed by atoms with Crippen LogP contribution >= 0.6 is 12.4 Å². The van der Waals surface area contributed by atoms with E-state index in [-0.39, 0.29) is 30.3 Å². The number of amides is 1. The predicted molar refractivity (Wildman–Crippen MR) is 84.6 cm³/mol. The van der Waals surface area contributed by atoms with Gasteiger partial charge in [-0.25, -0.2) is 0 Å². The summed E-state index contributed by atoms with van der Waals surface area (Å²) < 4.78 is 5.93. The number of nitrogens with one attached hydrogen (secondary N) is 1. The highest BCUT2D eigenvalue weighted by Gasteiger charge is 2.35. The number of nitrogens with zero attached hydrogens (tertiary/aromatic N) is 1. The zero-order chi connectivity index (χ0) is 13.8. The van der Waals surface area contributed by atoms with Crippen molar-refractivity contribution in [1.29, 1.82) is 0 Å². The summed E-state index contributed by atoms with van der Waals surface area (Å²) in [5.74, 6) is 0.240. The zero-order valence-electron chi connectivity index (χ0n) is 12.2. The fraction of sp³-hybridized carbons (Fsp3) is 0.562. The Bertz CT molecular complexity index is 449. The molecule has 0 aromatic heterocycles. The van der Waals surface area contributed by atoms with Crippen molar-refractivity contribution in [2.45, 2.75) is 18.9 Å². The van der Waals surface area contributed by atoms with Gasteiger partial charge in [0.05, 0.1) is 12.0 Å². The Balaban J connectivity index is 0.00000161. The number of hydrogen-bond acceptors (Lipinski definition) is 3. The highest BCUT2D eigenvalue weighted by Crippen LogP contribution is 2.34. The molecule has 0 saturated carbocycles. The van der Waals surface area contributed by atoms with Crippen LogP contribution in [0.3, 0.4) is 0 Å². The summed E-state index contributed by atoms with van der Waals surface area (Å²) in [4.78, 5) is 14.7. The molecule has 0 spiro atoms. The lowest BCUT2D eigenvalue weighted by Crippen LogP contribution is -2.50. The minimum absolute atomic E-state index is 0. The van der Waals surface area contributed by atoms with Crippen LogP contribution in [0.4, 0.5) is 0 Å². The van der Waals surface area contributed by atoms with Crippen molar-refractivity contribution in [2.24, 2.45) is 5.92 Å². The monoisotopic (exact) mass is 310 g/mol. The average Bonchev–Trinajstić information content (AvgIpc) is 2.56. The van der Waals surface area contributed by atoms with Gasteiger partial charge in [0.2, 0.25) is 5.91 Å². The number of halogens is 1. The molecule has 4 nitrogen and oxygen atoms in total. The van der Waals surface area contributed by atoms with Crippen molar-refractivity contribution >= 4 is 18.3 Å². The van der Waals surface area contributed by atoms with E-state index in [9.17, 15) is 4.79 Å². The molecule has 1 amide bonds. The summed E-state index contributed by atoms with van der Waals surface area (Å²) in [5, 5.41) is 3.29. The number of ether oxygens (including phenoxy) is 1. The van der Waals surface area contributed by atoms with Gasteiger partial charge in [-0.1, -0.05) is 30.3 Å². The Morgan fingerprint density at radius 2 is 1.90 bits per heavy atom. The van der Waals surface area contributed by atoms with E-state index in [1.165, 1.54) is 0 Å². The molecule has 2 aliphatic heterocycles. The molecule has 1 aromatic rings. The molecule has 2 fully saturated rings. The van der Waals surface area contributed by atoms with Gasteiger partial charge in [-0.05, 0) is 18.4 Å². The summed E-state index contributed by atoms with van der Waals surface area (Å²) in [7, 11) is 0. The third-order valence-electron chi connectivity index (χ3n) is 4.20. The molecular formula is C16H23ClN2O2. The highest BCUT2D eigenvalue weighted by atomic mass is 35.5. The first-order valence-electron chi connectivity index (χ1n) is 7.52. The summed E-state index contributed by atoms with van der Waals surface area (Å²) in [6.45, 7) is 4.18. The van der Waals surface area contributed by atoms with Gasteiger partial charge < -0.3 is 15.0 Å². The second-order valence-electron chi connectivity index (χ2n) is 5.53. The van der Waals surface area contributed by atoms with Crippen molar-refractivity contribution in [1.82, 2.24) is 10.2 Å². The molecule has 2 saturated heterocycles. The van der Waals surface area contributed by atoms with Gasteiger partial charge in [-0.2, -0.15) is 0 Å². The maximum atomic E-state index is 12.8. The molecular weight excluding hydrogens is 288 g/mol. The Morgan fingerprint density at radius 1 is 1.19 bits per heavy atom. The van der Waals surface area contributed by atoms with Gasteiger partial charge in [-0.15, -0.1) is 12.4 Å². The number of rotatable bonds is 2. The van der Waals surface area contributed by atoms with Gasteiger partial charge in [-0.3, -0.25) is 4.79 Å². The van der Waals surface area contributed by atoms with E-state index in [2.05, 4.69) is 17.4 Å². The lowest BCUT2D eigenvalue weighted by Gasteiger charge is -2.36. The van der Waals surface area contributed by atoms with Crippen LogP contribution in [0.25, 0.3) is 0 Å². The van der Waals surface area contributed by atoms with Crippen molar-refractivity contribution in [3.63, 3.8) is 0 Å². The Morgan fingerprint density at radius 3 is 2.62 bits per heavy atom. The topological polar surface area (TPSA) is 41.6 Å². The molecule has 21 heavy (non-hydrogen) atoms. The van der Waals surface area contributed by atoms with E-state index in [0.717, 1.165) is 51.2 Å².